The molecule has 1 atom stereocenters. The first-order valence-corrected chi connectivity index (χ1v) is 7.57. The van der Waals surface area contributed by atoms with Crippen molar-refractivity contribution < 1.29 is 0 Å². The van der Waals surface area contributed by atoms with Gasteiger partial charge in [-0.05, 0) is 66.5 Å². The second kappa shape index (κ2) is 4.76. The Kier molecular flexibility index (Phi) is 3.30. The van der Waals surface area contributed by atoms with Gasteiger partial charge in [0.15, 0.2) is 0 Å². The van der Waals surface area contributed by atoms with Crippen molar-refractivity contribution in [2.45, 2.75) is 38.3 Å². The Bertz CT molecular complexity index is 415. The zero-order chi connectivity index (χ0) is 11.8. The van der Waals surface area contributed by atoms with Gasteiger partial charge >= 0.3 is 0 Å². The third-order valence-corrected chi connectivity index (χ3v) is 4.92. The Labute approximate surface area is 117 Å². The molecule has 1 unspecified atom stereocenters. The number of hydrogen-bond donors (Lipinski definition) is 1. The molecule has 3 rings (SSSR count). The average Bonchev–Trinajstić information content (AvgIpc) is 2.99. The van der Waals surface area contributed by atoms with Gasteiger partial charge in [-0.25, -0.2) is 0 Å². The Morgan fingerprint density at radius 2 is 2.06 bits per heavy atom. The van der Waals surface area contributed by atoms with Crippen molar-refractivity contribution in [3.8, 4) is 0 Å². The highest BCUT2D eigenvalue weighted by Gasteiger charge is 2.29. The van der Waals surface area contributed by atoms with E-state index in [9.17, 15) is 0 Å². The predicted octanol–water partition coefficient (Wildman–Crippen LogP) is 2.93. The Balaban J connectivity index is 1.66. The number of hydrogen-bond acceptors (Lipinski definition) is 2. The lowest BCUT2D eigenvalue weighted by Gasteiger charge is -2.20. The summed E-state index contributed by atoms with van der Waals surface area (Å²) in [6.45, 7) is 4.55. The van der Waals surface area contributed by atoms with Gasteiger partial charge in [-0.1, -0.05) is 6.07 Å². The quantitative estimate of drug-likeness (QED) is 0.850. The summed E-state index contributed by atoms with van der Waals surface area (Å²) in [7, 11) is 0. The molecule has 1 heterocycles. The monoisotopic (exact) mass is 342 g/mol. The molecule has 17 heavy (non-hydrogen) atoms. The molecule has 2 aliphatic rings. The molecule has 3 heteroatoms. The lowest BCUT2D eigenvalue weighted by atomic mass is 10.2. The van der Waals surface area contributed by atoms with Gasteiger partial charge in [0.2, 0.25) is 0 Å². The largest absolute Gasteiger partial charge is 0.370 e. The van der Waals surface area contributed by atoms with Crippen molar-refractivity contribution in [2.24, 2.45) is 0 Å². The minimum Gasteiger partial charge on any atom is -0.370 e. The van der Waals surface area contributed by atoms with Crippen molar-refractivity contribution in [1.29, 1.82) is 0 Å². The topological polar surface area (TPSA) is 15.3 Å². The average molecular weight is 342 g/mol. The number of halogens is 1. The number of rotatable bonds is 3. The maximum atomic E-state index is 3.73. The van der Waals surface area contributed by atoms with E-state index >= 15 is 0 Å². The summed E-state index contributed by atoms with van der Waals surface area (Å²) >= 11 is 2.43. The third kappa shape index (κ3) is 2.76. The molecule has 0 bridgehead atoms. The third-order valence-electron chi connectivity index (χ3n) is 3.76. The molecule has 1 aliphatic heterocycles. The molecule has 0 spiro atoms. The highest BCUT2D eigenvalue weighted by molar-refractivity contribution is 14.1. The van der Waals surface area contributed by atoms with Gasteiger partial charge < -0.3 is 10.2 Å². The minimum atomic E-state index is 0.710. The van der Waals surface area contributed by atoms with Gasteiger partial charge in [-0.2, -0.15) is 0 Å². The van der Waals surface area contributed by atoms with Crippen molar-refractivity contribution in [3.63, 3.8) is 0 Å². The molecule has 0 radical (unpaired) electrons. The van der Waals surface area contributed by atoms with E-state index in [4.69, 9.17) is 0 Å². The Morgan fingerprint density at radius 3 is 2.76 bits per heavy atom. The minimum absolute atomic E-state index is 0.710. The van der Waals surface area contributed by atoms with Gasteiger partial charge in [0.1, 0.15) is 0 Å². The number of anilines is 1. The Morgan fingerprint density at radius 1 is 1.24 bits per heavy atom. The van der Waals surface area contributed by atoms with Crippen molar-refractivity contribution >= 4 is 28.3 Å². The van der Waals surface area contributed by atoms with Crippen molar-refractivity contribution in [2.75, 3.05) is 18.0 Å². The maximum Gasteiger partial charge on any atom is 0.0377 e. The molecular formula is C14H19IN2. The van der Waals surface area contributed by atoms with Crippen LogP contribution in [0, 0.1) is 10.5 Å². The molecule has 2 fully saturated rings. The molecule has 0 aromatic heterocycles. The van der Waals surface area contributed by atoms with Crippen LogP contribution >= 0.6 is 22.6 Å². The Hall–Kier alpha value is -0.290. The van der Waals surface area contributed by atoms with E-state index in [1.807, 2.05) is 0 Å². The summed E-state index contributed by atoms with van der Waals surface area (Å²) in [5.74, 6) is 0. The highest BCUT2D eigenvalue weighted by atomic mass is 127. The fraction of sp³-hybridized carbons (Fsp3) is 0.571. The van der Waals surface area contributed by atoms with Crippen LogP contribution in [0.25, 0.3) is 0 Å². The first kappa shape index (κ1) is 11.8. The zero-order valence-electron chi connectivity index (χ0n) is 10.2. The standard InChI is InChI=1S/C14H19IN2/c1-10-2-5-13(8-14(10)15)17-7-6-12(9-17)16-11-3-4-11/h2,5,8,11-12,16H,3-4,6-7,9H2,1H3. The fourth-order valence-electron chi connectivity index (χ4n) is 2.49. The van der Waals surface area contributed by atoms with Crippen LogP contribution in [0.2, 0.25) is 0 Å². The molecule has 2 nitrogen and oxygen atoms in total. The lowest BCUT2D eigenvalue weighted by Crippen LogP contribution is -2.33. The molecule has 92 valence electrons. The molecular weight excluding hydrogens is 323 g/mol. The van der Waals surface area contributed by atoms with Gasteiger partial charge in [0.25, 0.3) is 0 Å². The van der Waals surface area contributed by atoms with Gasteiger partial charge in [-0.15, -0.1) is 0 Å². The maximum absolute atomic E-state index is 3.73. The summed E-state index contributed by atoms with van der Waals surface area (Å²) in [6, 6.07) is 8.35. The number of benzene rings is 1. The summed E-state index contributed by atoms with van der Waals surface area (Å²) in [5.41, 5.74) is 2.77. The van der Waals surface area contributed by atoms with E-state index in [2.05, 4.69) is 57.9 Å². The molecule has 0 amide bonds. The first-order valence-electron chi connectivity index (χ1n) is 6.49. The van der Waals surface area contributed by atoms with E-state index in [1.54, 1.807) is 0 Å². The van der Waals surface area contributed by atoms with Gasteiger partial charge in [0.05, 0.1) is 0 Å². The van der Waals surface area contributed by atoms with E-state index in [0.717, 1.165) is 6.04 Å². The smallest absolute Gasteiger partial charge is 0.0377 e. The van der Waals surface area contributed by atoms with Crippen LogP contribution < -0.4 is 10.2 Å². The summed E-state index contributed by atoms with van der Waals surface area (Å²) in [5, 5.41) is 3.73. The van der Waals surface area contributed by atoms with Crippen LogP contribution in [-0.2, 0) is 0 Å². The zero-order valence-corrected chi connectivity index (χ0v) is 12.4. The second-order valence-electron chi connectivity index (χ2n) is 5.31. The van der Waals surface area contributed by atoms with Crippen LogP contribution in [-0.4, -0.2) is 25.2 Å². The van der Waals surface area contributed by atoms with Crippen LogP contribution in [0.15, 0.2) is 18.2 Å². The summed E-state index contributed by atoms with van der Waals surface area (Å²) in [4.78, 5) is 2.52. The molecule has 1 aromatic carbocycles. The van der Waals surface area contributed by atoms with Crippen molar-refractivity contribution in [1.82, 2.24) is 5.32 Å². The number of nitrogens with one attached hydrogen (secondary N) is 1. The van der Waals surface area contributed by atoms with Gasteiger partial charge in [-0.3, -0.25) is 0 Å². The van der Waals surface area contributed by atoms with E-state index < -0.39 is 0 Å². The summed E-state index contributed by atoms with van der Waals surface area (Å²) < 4.78 is 1.37. The van der Waals surface area contributed by atoms with E-state index in [1.165, 1.54) is 47.2 Å². The van der Waals surface area contributed by atoms with Gasteiger partial charge in [0, 0.05) is 34.4 Å². The molecule has 1 saturated heterocycles. The molecule has 1 aliphatic carbocycles. The molecule has 1 saturated carbocycles. The predicted molar refractivity (Wildman–Crippen MR) is 80.7 cm³/mol. The van der Waals surface area contributed by atoms with Crippen LogP contribution in [0.3, 0.4) is 0 Å². The SMILES string of the molecule is Cc1ccc(N2CCC(NC3CC3)C2)cc1I. The van der Waals surface area contributed by atoms with Crippen LogP contribution in [0.5, 0.6) is 0 Å². The number of aryl methyl sites for hydroxylation is 1. The fourth-order valence-corrected chi connectivity index (χ4v) is 2.99. The summed E-state index contributed by atoms with van der Waals surface area (Å²) in [6.07, 6.45) is 4.07. The first-order chi connectivity index (χ1) is 8.22. The van der Waals surface area contributed by atoms with E-state index in [0.29, 0.717) is 6.04 Å². The van der Waals surface area contributed by atoms with Crippen LogP contribution in [0.1, 0.15) is 24.8 Å². The second-order valence-corrected chi connectivity index (χ2v) is 6.47. The van der Waals surface area contributed by atoms with E-state index in [-0.39, 0.29) is 0 Å². The lowest BCUT2D eigenvalue weighted by molar-refractivity contribution is 0.548. The van der Waals surface area contributed by atoms with Crippen LogP contribution in [0.4, 0.5) is 5.69 Å². The molecule has 1 aromatic rings. The van der Waals surface area contributed by atoms with Crippen molar-refractivity contribution in [3.05, 3.63) is 27.3 Å². The number of nitrogens with zero attached hydrogens (tertiary/aromatic N) is 1. The highest BCUT2D eigenvalue weighted by Crippen LogP contribution is 2.26. The molecule has 1 N–H and O–H groups in total. The normalized spacial score (nSPS) is 24.4.